The number of nitrogens with two attached hydrogens (primary N) is 1. The fourth-order valence-electron chi connectivity index (χ4n) is 2.72. The van der Waals surface area contributed by atoms with Crippen molar-refractivity contribution in [2.45, 2.75) is 90.0 Å². The second kappa shape index (κ2) is 19.0. The van der Waals surface area contributed by atoms with E-state index in [9.17, 15) is 14.4 Å². The second-order valence-electron chi connectivity index (χ2n) is 7.06. The number of carboxylic acids is 1. The Morgan fingerprint density at radius 2 is 1.45 bits per heavy atom. The first-order valence-corrected chi connectivity index (χ1v) is 10.7. The van der Waals surface area contributed by atoms with Gasteiger partial charge in [-0.3, -0.25) is 9.59 Å². The number of nitrogens with one attached hydrogen (secondary N) is 1. The Morgan fingerprint density at radius 1 is 0.862 bits per heavy atom. The van der Waals surface area contributed by atoms with Crippen molar-refractivity contribution in [2.75, 3.05) is 0 Å². The number of carbonyl (C=O) groups excluding carboxylic acids is 2. The zero-order valence-electron chi connectivity index (χ0n) is 17.8. The van der Waals surface area contributed by atoms with E-state index >= 15 is 0 Å². The van der Waals surface area contributed by atoms with Gasteiger partial charge < -0.3 is 16.2 Å². The lowest BCUT2D eigenvalue weighted by molar-refractivity contribution is -0.142. The number of aliphatic carboxylic acids is 1. The zero-order valence-corrected chi connectivity index (χ0v) is 17.8. The Balaban J connectivity index is 3.65. The molecule has 0 bridgehead atoms. The number of amides is 2. The van der Waals surface area contributed by atoms with Crippen LogP contribution in [0.25, 0.3) is 0 Å². The molecule has 0 aromatic rings. The van der Waals surface area contributed by atoms with Crippen LogP contribution >= 0.6 is 0 Å². The third-order valence-corrected chi connectivity index (χ3v) is 4.37. The van der Waals surface area contributed by atoms with E-state index in [1.54, 1.807) is 0 Å². The minimum Gasteiger partial charge on any atom is -0.480 e. The summed E-state index contributed by atoms with van der Waals surface area (Å²) >= 11 is 0. The maximum atomic E-state index is 11.8. The molecule has 29 heavy (non-hydrogen) atoms. The number of unbranched alkanes of at least 4 members (excludes halogenated alkanes) is 5. The maximum Gasteiger partial charge on any atom is 0.326 e. The summed E-state index contributed by atoms with van der Waals surface area (Å²) in [6, 6.07) is -1.05. The average Bonchev–Trinajstić information content (AvgIpc) is 2.67. The van der Waals surface area contributed by atoms with Gasteiger partial charge in [-0.1, -0.05) is 62.6 Å². The number of carbonyl (C=O) groups is 3. The van der Waals surface area contributed by atoms with Crippen molar-refractivity contribution in [1.29, 1.82) is 0 Å². The number of hydrogen-bond acceptors (Lipinski definition) is 3. The van der Waals surface area contributed by atoms with Gasteiger partial charge in [0.15, 0.2) is 0 Å². The molecule has 0 aromatic heterocycles. The summed E-state index contributed by atoms with van der Waals surface area (Å²) in [5, 5.41) is 11.5. The molecule has 4 N–H and O–H groups in total. The van der Waals surface area contributed by atoms with E-state index in [0.29, 0.717) is 6.42 Å². The highest BCUT2D eigenvalue weighted by atomic mass is 16.4. The molecule has 1 atom stereocenters. The molecular formula is C23H38N2O4. The molecule has 2 amide bonds. The van der Waals surface area contributed by atoms with Crippen molar-refractivity contribution in [3.8, 4) is 0 Å². The van der Waals surface area contributed by atoms with E-state index in [1.807, 2.05) is 0 Å². The molecule has 0 saturated carbocycles. The molecule has 0 unspecified atom stereocenters. The third-order valence-electron chi connectivity index (χ3n) is 4.37. The van der Waals surface area contributed by atoms with Gasteiger partial charge in [0.1, 0.15) is 6.04 Å². The predicted molar refractivity (Wildman–Crippen MR) is 117 cm³/mol. The van der Waals surface area contributed by atoms with Crippen LogP contribution in [0.5, 0.6) is 0 Å². The number of primary amides is 1. The maximum absolute atomic E-state index is 11.8. The molecule has 164 valence electrons. The molecule has 0 aromatic carbocycles. The fraction of sp³-hybridized carbons (Fsp3) is 0.609. The molecule has 6 nitrogen and oxygen atoms in total. The first-order valence-electron chi connectivity index (χ1n) is 10.7. The largest absolute Gasteiger partial charge is 0.480 e. The number of carboxylic acid groups (broad SMARTS) is 1. The number of rotatable bonds is 18. The monoisotopic (exact) mass is 406 g/mol. The summed E-state index contributed by atoms with van der Waals surface area (Å²) in [7, 11) is 0. The van der Waals surface area contributed by atoms with Crippen LogP contribution in [0, 0.1) is 0 Å². The van der Waals surface area contributed by atoms with Crippen LogP contribution in [0.2, 0.25) is 0 Å². The Labute approximate surface area is 175 Å². The van der Waals surface area contributed by atoms with Gasteiger partial charge in [0, 0.05) is 12.8 Å². The van der Waals surface area contributed by atoms with Crippen molar-refractivity contribution in [3.63, 3.8) is 0 Å². The van der Waals surface area contributed by atoms with Crippen molar-refractivity contribution in [1.82, 2.24) is 5.32 Å². The van der Waals surface area contributed by atoms with Gasteiger partial charge in [-0.2, -0.15) is 0 Å². The zero-order chi connectivity index (χ0) is 21.7. The van der Waals surface area contributed by atoms with E-state index in [0.717, 1.165) is 57.8 Å². The minimum absolute atomic E-state index is 0.0234. The summed E-state index contributed by atoms with van der Waals surface area (Å²) in [6.07, 6.45) is 22.6. The van der Waals surface area contributed by atoms with Crippen molar-refractivity contribution in [3.05, 3.63) is 36.5 Å². The minimum atomic E-state index is -1.14. The van der Waals surface area contributed by atoms with E-state index in [2.05, 4.69) is 48.7 Å². The van der Waals surface area contributed by atoms with Gasteiger partial charge >= 0.3 is 5.97 Å². The summed E-state index contributed by atoms with van der Waals surface area (Å²) in [5.74, 6) is -2.00. The van der Waals surface area contributed by atoms with Crippen molar-refractivity contribution >= 4 is 17.8 Å². The highest BCUT2D eigenvalue weighted by Crippen LogP contribution is 2.08. The van der Waals surface area contributed by atoms with Crippen LogP contribution in [-0.4, -0.2) is 28.9 Å². The second-order valence-corrected chi connectivity index (χ2v) is 7.06. The molecular weight excluding hydrogens is 368 g/mol. The Morgan fingerprint density at radius 3 is 2.07 bits per heavy atom. The number of hydrogen-bond donors (Lipinski definition) is 3. The van der Waals surface area contributed by atoms with Crippen molar-refractivity contribution < 1.29 is 19.5 Å². The first kappa shape index (κ1) is 26.6. The van der Waals surface area contributed by atoms with Gasteiger partial charge in [0.25, 0.3) is 0 Å². The quantitative estimate of drug-likeness (QED) is 0.231. The van der Waals surface area contributed by atoms with Crippen molar-refractivity contribution in [2.24, 2.45) is 5.73 Å². The van der Waals surface area contributed by atoms with Gasteiger partial charge in [-0.05, 0) is 44.9 Å². The summed E-state index contributed by atoms with van der Waals surface area (Å²) in [5.41, 5.74) is 5.02. The Hall–Kier alpha value is -2.37. The molecule has 6 heteroatoms. The van der Waals surface area contributed by atoms with Crippen LogP contribution in [0.1, 0.15) is 84.0 Å². The molecule has 0 saturated heterocycles. The highest BCUT2D eigenvalue weighted by Gasteiger charge is 2.20. The molecule has 0 aliphatic carbocycles. The van der Waals surface area contributed by atoms with Crippen LogP contribution < -0.4 is 11.1 Å². The lowest BCUT2D eigenvalue weighted by Crippen LogP contribution is -2.41. The molecule has 0 radical (unpaired) electrons. The van der Waals surface area contributed by atoms with Gasteiger partial charge in [0.05, 0.1) is 0 Å². The highest BCUT2D eigenvalue weighted by molar-refractivity contribution is 5.84. The molecule has 0 aliphatic rings. The molecule has 0 heterocycles. The summed E-state index contributed by atoms with van der Waals surface area (Å²) < 4.78 is 0. The van der Waals surface area contributed by atoms with Crippen LogP contribution in [0.15, 0.2) is 36.5 Å². The van der Waals surface area contributed by atoms with Gasteiger partial charge in [0.2, 0.25) is 11.8 Å². The van der Waals surface area contributed by atoms with Crippen LogP contribution in [0.4, 0.5) is 0 Å². The number of allylic oxidation sites excluding steroid dienone is 6. The standard InChI is InChI=1S/C23H38N2O4/c1-2-3-4-5-6-7-8-9-10-11-12-13-14-15-16-17-22(27)25-20(23(28)29)18-19-21(24)26/h3-4,6-7,9-10,20H,2,5,8,11-19H2,1H3,(H2,24,26)(H,25,27)(H,28,29)/b4-3-,7-6-,10-9-/t20-/m0/s1. The van der Waals surface area contributed by atoms with Gasteiger partial charge in [-0.15, -0.1) is 0 Å². The first-order chi connectivity index (χ1) is 14.0. The molecule has 0 fully saturated rings. The summed E-state index contributed by atoms with van der Waals surface area (Å²) in [6.45, 7) is 2.13. The smallest absolute Gasteiger partial charge is 0.326 e. The average molecular weight is 407 g/mol. The molecule has 0 aliphatic heterocycles. The van der Waals surface area contributed by atoms with Crippen LogP contribution in [-0.2, 0) is 14.4 Å². The fourth-order valence-corrected chi connectivity index (χ4v) is 2.72. The van der Waals surface area contributed by atoms with Crippen LogP contribution in [0.3, 0.4) is 0 Å². The van der Waals surface area contributed by atoms with E-state index in [4.69, 9.17) is 10.8 Å². The molecule has 0 rings (SSSR count). The normalized spacial score (nSPS) is 12.7. The Bertz CT molecular complexity index is 553. The lowest BCUT2D eigenvalue weighted by Gasteiger charge is -2.13. The predicted octanol–water partition coefficient (Wildman–Crippen LogP) is 4.41. The van der Waals surface area contributed by atoms with E-state index in [-0.39, 0.29) is 18.7 Å². The Kier molecular flexibility index (Phi) is 17.4. The summed E-state index contributed by atoms with van der Waals surface area (Å²) in [4.78, 5) is 33.7. The SMILES string of the molecule is CC/C=C\C/C=C\C/C=C\CCCCCCCC(=O)N[C@@H](CCC(N)=O)C(=O)O. The van der Waals surface area contributed by atoms with E-state index < -0.39 is 17.9 Å². The topological polar surface area (TPSA) is 109 Å². The van der Waals surface area contributed by atoms with Gasteiger partial charge in [-0.25, -0.2) is 4.79 Å². The lowest BCUT2D eigenvalue weighted by atomic mass is 10.1. The molecule has 0 spiro atoms. The van der Waals surface area contributed by atoms with E-state index in [1.165, 1.54) is 0 Å². The third kappa shape index (κ3) is 18.7.